The number of anilines is 1. The molecular weight excluding hydrogens is 460 g/mol. The number of carbonyl (C=O) groups excluding carboxylic acids is 3. The maximum absolute atomic E-state index is 13.3. The maximum Gasteiger partial charge on any atom is 0.338 e. The standard InChI is InChI=1S/C28H26N2O6/c1-16(2)36-28(34)18-9-11-19(12-10-18)30-24(21-7-5-6-14-29-21)23(26(32)27(30)33)25(31)20-15-17(3)8-13-22(20)35-4/h5-16,24,31H,1-4H3/b25-23+. The van der Waals surface area contributed by atoms with Gasteiger partial charge in [-0.2, -0.15) is 0 Å². The van der Waals surface area contributed by atoms with Crippen LogP contribution in [-0.2, 0) is 14.3 Å². The van der Waals surface area contributed by atoms with E-state index >= 15 is 0 Å². The van der Waals surface area contributed by atoms with E-state index in [4.69, 9.17) is 9.47 Å². The van der Waals surface area contributed by atoms with Crippen molar-refractivity contribution in [2.45, 2.75) is 32.9 Å². The topological polar surface area (TPSA) is 106 Å². The third-order valence-electron chi connectivity index (χ3n) is 5.75. The molecule has 1 aliphatic rings. The third-order valence-corrected chi connectivity index (χ3v) is 5.75. The van der Waals surface area contributed by atoms with E-state index in [2.05, 4.69) is 4.98 Å². The number of esters is 1. The number of rotatable bonds is 6. The van der Waals surface area contributed by atoms with Crippen molar-refractivity contribution >= 4 is 29.1 Å². The first-order valence-corrected chi connectivity index (χ1v) is 11.4. The second-order valence-electron chi connectivity index (χ2n) is 8.63. The average molecular weight is 487 g/mol. The summed E-state index contributed by atoms with van der Waals surface area (Å²) in [7, 11) is 1.46. The van der Waals surface area contributed by atoms with Crippen molar-refractivity contribution in [3.8, 4) is 5.75 Å². The lowest BCUT2D eigenvalue weighted by Crippen LogP contribution is -2.29. The molecule has 3 aromatic rings. The van der Waals surface area contributed by atoms with Crippen LogP contribution >= 0.6 is 0 Å². The fraction of sp³-hybridized carbons (Fsp3) is 0.214. The molecule has 8 heteroatoms. The highest BCUT2D eigenvalue weighted by molar-refractivity contribution is 6.51. The van der Waals surface area contributed by atoms with Gasteiger partial charge in [0, 0.05) is 11.9 Å². The van der Waals surface area contributed by atoms with Crippen molar-refractivity contribution in [2.24, 2.45) is 0 Å². The molecule has 36 heavy (non-hydrogen) atoms. The van der Waals surface area contributed by atoms with Crippen LogP contribution in [0.5, 0.6) is 5.75 Å². The summed E-state index contributed by atoms with van der Waals surface area (Å²) in [5, 5.41) is 11.4. The van der Waals surface area contributed by atoms with Gasteiger partial charge in [-0.25, -0.2) is 4.79 Å². The summed E-state index contributed by atoms with van der Waals surface area (Å²) in [6.07, 6.45) is 1.27. The molecule has 0 spiro atoms. The van der Waals surface area contributed by atoms with Gasteiger partial charge >= 0.3 is 5.97 Å². The molecule has 1 amide bonds. The van der Waals surface area contributed by atoms with E-state index in [0.717, 1.165) is 5.56 Å². The minimum Gasteiger partial charge on any atom is -0.507 e. The minimum atomic E-state index is -0.995. The lowest BCUT2D eigenvalue weighted by molar-refractivity contribution is -0.132. The number of aryl methyl sites for hydroxylation is 1. The predicted molar refractivity (Wildman–Crippen MR) is 134 cm³/mol. The predicted octanol–water partition coefficient (Wildman–Crippen LogP) is 4.59. The number of benzene rings is 2. The van der Waals surface area contributed by atoms with Gasteiger partial charge in [0.1, 0.15) is 17.6 Å². The molecule has 1 aromatic heterocycles. The molecule has 0 bridgehead atoms. The number of hydrogen-bond donors (Lipinski definition) is 1. The van der Waals surface area contributed by atoms with Crippen LogP contribution in [0.25, 0.3) is 5.76 Å². The van der Waals surface area contributed by atoms with Crippen molar-refractivity contribution < 1.29 is 29.0 Å². The fourth-order valence-corrected chi connectivity index (χ4v) is 4.11. The largest absolute Gasteiger partial charge is 0.507 e. The zero-order chi connectivity index (χ0) is 26.0. The number of pyridine rings is 1. The number of hydrogen-bond acceptors (Lipinski definition) is 7. The molecule has 1 N–H and O–H groups in total. The zero-order valence-corrected chi connectivity index (χ0v) is 20.4. The summed E-state index contributed by atoms with van der Waals surface area (Å²) in [5.74, 6) is -2.17. The Morgan fingerprint density at radius 3 is 2.39 bits per heavy atom. The Bertz CT molecular complexity index is 1350. The Kier molecular flexibility index (Phi) is 6.87. The molecule has 1 unspecified atom stereocenters. The van der Waals surface area contributed by atoms with Crippen LogP contribution in [0.1, 0.15) is 47.1 Å². The van der Waals surface area contributed by atoms with Crippen molar-refractivity contribution in [2.75, 3.05) is 12.0 Å². The highest BCUT2D eigenvalue weighted by Gasteiger charge is 2.47. The number of nitrogens with zero attached hydrogens (tertiary/aromatic N) is 2. The van der Waals surface area contributed by atoms with Gasteiger partial charge in [-0.3, -0.25) is 19.5 Å². The van der Waals surface area contributed by atoms with E-state index < -0.39 is 23.7 Å². The summed E-state index contributed by atoms with van der Waals surface area (Å²) in [6.45, 7) is 5.35. The number of ketones is 1. The normalized spacial score (nSPS) is 16.9. The molecule has 1 saturated heterocycles. The molecule has 1 atom stereocenters. The Labute approximate surface area is 208 Å². The molecule has 0 radical (unpaired) electrons. The van der Waals surface area contributed by atoms with Gasteiger partial charge in [-0.15, -0.1) is 0 Å². The quantitative estimate of drug-likeness (QED) is 0.235. The van der Waals surface area contributed by atoms with E-state index in [1.807, 2.05) is 13.0 Å². The van der Waals surface area contributed by atoms with Crippen LogP contribution in [0.15, 0.2) is 72.4 Å². The molecule has 0 saturated carbocycles. The summed E-state index contributed by atoms with van der Waals surface area (Å²) in [5.41, 5.74) is 2.10. The first-order valence-electron chi connectivity index (χ1n) is 11.4. The van der Waals surface area contributed by atoms with Gasteiger partial charge < -0.3 is 14.6 Å². The molecular formula is C28H26N2O6. The van der Waals surface area contributed by atoms with Crippen LogP contribution in [0.4, 0.5) is 5.69 Å². The molecule has 1 aliphatic heterocycles. The number of ether oxygens (including phenoxy) is 2. The van der Waals surface area contributed by atoms with Crippen molar-refractivity contribution in [3.63, 3.8) is 0 Å². The Morgan fingerprint density at radius 1 is 1.06 bits per heavy atom. The Hall–Kier alpha value is -4.46. The molecule has 4 rings (SSSR count). The number of carbonyl (C=O) groups is 3. The molecule has 2 heterocycles. The van der Waals surface area contributed by atoms with Crippen molar-refractivity contribution in [1.29, 1.82) is 0 Å². The number of Topliss-reactive ketones (excluding diaryl/α,β-unsaturated/α-hetero) is 1. The lowest BCUT2D eigenvalue weighted by Gasteiger charge is -2.25. The van der Waals surface area contributed by atoms with E-state index in [0.29, 0.717) is 28.3 Å². The first kappa shape index (κ1) is 24.7. The number of aliphatic hydroxyl groups is 1. The van der Waals surface area contributed by atoms with Gasteiger partial charge in [0.2, 0.25) is 0 Å². The highest BCUT2D eigenvalue weighted by atomic mass is 16.5. The van der Waals surface area contributed by atoms with Gasteiger partial charge in [-0.05, 0) is 69.3 Å². The van der Waals surface area contributed by atoms with E-state index in [1.165, 1.54) is 24.1 Å². The fourth-order valence-electron chi connectivity index (χ4n) is 4.11. The van der Waals surface area contributed by atoms with Crippen LogP contribution in [-0.4, -0.2) is 41.0 Å². The summed E-state index contributed by atoms with van der Waals surface area (Å²) >= 11 is 0. The number of aliphatic hydroxyl groups excluding tert-OH is 1. The first-order chi connectivity index (χ1) is 17.2. The molecule has 1 fully saturated rings. The molecule has 2 aromatic carbocycles. The minimum absolute atomic E-state index is 0.106. The van der Waals surface area contributed by atoms with Crippen LogP contribution in [0.2, 0.25) is 0 Å². The number of amides is 1. The van der Waals surface area contributed by atoms with E-state index in [9.17, 15) is 19.5 Å². The number of methoxy groups -OCH3 is 1. The summed E-state index contributed by atoms with van der Waals surface area (Å²) < 4.78 is 10.6. The smallest absolute Gasteiger partial charge is 0.338 e. The SMILES string of the molecule is COc1ccc(C)cc1/C(O)=C1\C(=O)C(=O)N(c2ccc(C(=O)OC(C)C)cc2)C1c1ccccn1. The van der Waals surface area contributed by atoms with Gasteiger partial charge in [0.05, 0.1) is 35.6 Å². The Morgan fingerprint density at radius 2 is 1.78 bits per heavy atom. The molecule has 8 nitrogen and oxygen atoms in total. The van der Waals surface area contributed by atoms with E-state index in [1.54, 1.807) is 62.5 Å². The zero-order valence-electron chi connectivity index (χ0n) is 20.4. The summed E-state index contributed by atoms with van der Waals surface area (Å²) in [4.78, 5) is 44.5. The van der Waals surface area contributed by atoms with E-state index in [-0.39, 0.29) is 17.4 Å². The number of aromatic nitrogens is 1. The lowest BCUT2D eigenvalue weighted by atomic mass is 9.97. The molecule has 184 valence electrons. The van der Waals surface area contributed by atoms with Gasteiger partial charge in [0.25, 0.3) is 11.7 Å². The third kappa shape index (κ3) is 4.57. The van der Waals surface area contributed by atoms with Crippen LogP contribution in [0, 0.1) is 6.92 Å². The second kappa shape index (κ2) is 10.0. The van der Waals surface area contributed by atoms with Crippen LogP contribution in [0.3, 0.4) is 0 Å². The van der Waals surface area contributed by atoms with Gasteiger partial charge in [0.15, 0.2) is 0 Å². The van der Waals surface area contributed by atoms with Crippen molar-refractivity contribution in [3.05, 3.63) is 94.8 Å². The van der Waals surface area contributed by atoms with Crippen molar-refractivity contribution in [1.82, 2.24) is 4.98 Å². The monoisotopic (exact) mass is 486 g/mol. The van der Waals surface area contributed by atoms with Gasteiger partial charge in [-0.1, -0.05) is 17.7 Å². The highest BCUT2D eigenvalue weighted by Crippen LogP contribution is 2.42. The summed E-state index contributed by atoms with van der Waals surface area (Å²) in [6, 6.07) is 15.5. The maximum atomic E-state index is 13.3. The average Bonchev–Trinajstić information content (AvgIpc) is 3.14. The second-order valence-corrected chi connectivity index (χ2v) is 8.63. The van der Waals surface area contributed by atoms with Crippen LogP contribution < -0.4 is 9.64 Å². The molecule has 0 aliphatic carbocycles. The Balaban J connectivity index is 1.86.